The van der Waals surface area contributed by atoms with Crippen LogP contribution in [0, 0.1) is 0 Å². The Morgan fingerprint density at radius 2 is 2.23 bits per heavy atom. The molecule has 0 radical (unpaired) electrons. The first-order valence-corrected chi connectivity index (χ1v) is 5.43. The summed E-state index contributed by atoms with van der Waals surface area (Å²) in [7, 11) is 0. The summed E-state index contributed by atoms with van der Waals surface area (Å²) >= 11 is 4.27. The number of amides is 2. The lowest BCUT2D eigenvalue weighted by molar-refractivity contribution is -0.119. The third kappa shape index (κ3) is 3.16. The second-order valence-corrected chi connectivity index (χ2v) is 3.62. The molecule has 0 aromatic carbocycles. The van der Waals surface area contributed by atoms with Crippen LogP contribution in [-0.4, -0.2) is 17.1 Å². The summed E-state index contributed by atoms with van der Waals surface area (Å²) in [6.07, 6.45) is 0. The molecule has 4 nitrogen and oxygen atoms in total. The first kappa shape index (κ1) is 10.2. The molecular weight excluding hydrogens is 256 g/mol. The van der Waals surface area contributed by atoms with E-state index in [4.69, 9.17) is 0 Å². The van der Waals surface area contributed by atoms with Gasteiger partial charge >= 0.3 is 0 Å². The van der Waals surface area contributed by atoms with Crippen molar-refractivity contribution in [3.8, 4) is 0 Å². The predicted octanol–water partition coefficient (Wildman–Crippen LogP) is 0.904. The number of carbonyl (C=O) groups is 2. The third-order valence-electron chi connectivity index (χ3n) is 1.18. The third-order valence-corrected chi connectivity index (χ3v) is 2.56. The maximum absolute atomic E-state index is 11.2. The second kappa shape index (κ2) is 4.98. The molecule has 0 saturated carbocycles. The molecule has 0 bridgehead atoms. The molecule has 0 spiro atoms. The Morgan fingerprint density at radius 1 is 1.46 bits per heavy atom. The zero-order chi connectivity index (χ0) is 9.68. The molecule has 0 aliphatic heterocycles. The van der Waals surface area contributed by atoms with Crippen LogP contribution < -0.4 is 10.9 Å². The highest BCUT2D eigenvalue weighted by atomic mass is 79.9. The second-order valence-electron chi connectivity index (χ2n) is 2.11. The van der Waals surface area contributed by atoms with Gasteiger partial charge in [-0.05, 0) is 11.4 Å². The van der Waals surface area contributed by atoms with Crippen molar-refractivity contribution in [1.82, 2.24) is 10.9 Å². The smallest absolute Gasteiger partial charge is 0.272 e. The topological polar surface area (TPSA) is 58.2 Å². The van der Waals surface area contributed by atoms with Gasteiger partial charge in [0.15, 0.2) is 0 Å². The van der Waals surface area contributed by atoms with E-state index in [-0.39, 0.29) is 17.1 Å². The van der Waals surface area contributed by atoms with E-state index < -0.39 is 0 Å². The zero-order valence-electron chi connectivity index (χ0n) is 6.54. The molecule has 70 valence electrons. The van der Waals surface area contributed by atoms with Crippen molar-refractivity contribution < 1.29 is 9.59 Å². The van der Waals surface area contributed by atoms with Crippen molar-refractivity contribution in [2.24, 2.45) is 0 Å². The van der Waals surface area contributed by atoms with Crippen molar-refractivity contribution in [2.45, 2.75) is 0 Å². The minimum absolute atomic E-state index is 0.164. The van der Waals surface area contributed by atoms with Crippen LogP contribution in [0.25, 0.3) is 0 Å². The molecule has 0 aliphatic rings. The molecule has 2 N–H and O–H groups in total. The highest BCUT2D eigenvalue weighted by molar-refractivity contribution is 9.09. The van der Waals surface area contributed by atoms with Gasteiger partial charge in [0.1, 0.15) is 0 Å². The van der Waals surface area contributed by atoms with E-state index in [0.29, 0.717) is 4.88 Å². The monoisotopic (exact) mass is 262 g/mol. The Labute approximate surface area is 87.4 Å². The molecule has 1 rings (SSSR count). The summed E-state index contributed by atoms with van der Waals surface area (Å²) < 4.78 is 0. The van der Waals surface area contributed by atoms with Crippen molar-refractivity contribution in [2.75, 3.05) is 5.33 Å². The molecule has 1 aromatic rings. The number of hydrazine groups is 1. The molecule has 1 aromatic heterocycles. The molecular formula is C7H7BrN2O2S. The lowest BCUT2D eigenvalue weighted by atomic mass is 10.4. The van der Waals surface area contributed by atoms with Crippen LogP contribution in [0.3, 0.4) is 0 Å². The number of nitrogens with one attached hydrogen (secondary N) is 2. The molecule has 6 heteroatoms. The van der Waals surface area contributed by atoms with Gasteiger partial charge in [-0.3, -0.25) is 20.4 Å². The van der Waals surface area contributed by atoms with E-state index in [9.17, 15) is 9.59 Å². The summed E-state index contributed by atoms with van der Waals surface area (Å²) in [6.45, 7) is 0. The molecule has 0 aliphatic carbocycles. The fraction of sp³-hybridized carbons (Fsp3) is 0.143. The summed E-state index contributed by atoms with van der Waals surface area (Å²) in [4.78, 5) is 22.5. The average molecular weight is 263 g/mol. The van der Waals surface area contributed by atoms with E-state index >= 15 is 0 Å². The number of thiophene rings is 1. The first-order chi connectivity index (χ1) is 6.24. The Bertz CT molecular complexity index is 299. The molecule has 0 unspecified atom stereocenters. The Balaban J connectivity index is 2.39. The van der Waals surface area contributed by atoms with Gasteiger partial charge in [0.25, 0.3) is 5.91 Å². The van der Waals surface area contributed by atoms with Crippen LogP contribution in [-0.2, 0) is 4.79 Å². The summed E-state index contributed by atoms with van der Waals surface area (Å²) in [5.74, 6) is -0.589. The zero-order valence-corrected chi connectivity index (χ0v) is 8.94. The molecule has 1 heterocycles. The fourth-order valence-corrected chi connectivity index (χ4v) is 1.39. The molecule has 0 fully saturated rings. The number of carbonyl (C=O) groups excluding carboxylic acids is 2. The molecule has 13 heavy (non-hydrogen) atoms. The minimum atomic E-state index is -0.302. The summed E-state index contributed by atoms with van der Waals surface area (Å²) in [5.41, 5.74) is 4.52. The summed E-state index contributed by atoms with van der Waals surface area (Å²) in [5, 5.41) is 1.96. The van der Waals surface area contributed by atoms with Crippen LogP contribution in [0.5, 0.6) is 0 Å². The maximum atomic E-state index is 11.2. The van der Waals surface area contributed by atoms with E-state index in [1.807, 2.05) is 0 Å². The normalized spacial score (nSPS) is 9.31. The SMILES string of the molecule is O=C(CBr)NNC(=O)c1cccs1. The lowest BCUT2D eigenvalue weighted by Gasteiger charge is -2.02. The van der Waals surface area contributed by atoms with Crippen LogP contribution >= 0.6 is 27.3 Å². The number of halogens is 1. The molecule has 2 amide bonds. The van der Waals surface area contributed by atoms with Gasteiger partial charge in [-0.1, -0.05) is 22.0 Å². The maximum Gasteiger partial charge on any atom is 0.279 e. The van der Waals surface area contributed by atoms with Crippen molar-refractivity contribution >= 4 is 39.1 Å². The average Bonchev–Trinajstić information content (AvgIpc) is 2.66. The van der Waals surface area contributed by atoms with Gasteiger partial charge in [-0.2, -0.15) is 0 Å². The van der Waals surface area contributed by atoms with Gasteiger partial charge in [0, 0.05) is 0 Å². The Morgan fingerprint density at radius 3 is 2.77 bits per heavy atom. The van der Waals surface area contributed by atoms with Crippen molar-refractivity contribution in [3.05, 3.63) is 22.4 Å². The van der Waals surface area contributed by atoms with Crippen LogP contribution in [0.4, 0.5) is 0 Å². The van der Waals surface area contributed by atoms with Crippen molar-refractivity contribution in [1.29, 1.82) is 0 Å². The standard InChI is InChI=1S/C7H7BrN2O2S/c8-4-6(11)9-10-7(12)5-2-1-3-13-5/h1-3H,4H2,(H,9,11)(H,10,12). The van der Waals surface area contributed by atoms with Gasteiger partial charge < -0.3 is 0 Å². The number of hydrogen-bond acceptors (Lipinski definition) is 3. The Hall–Kier alpha value is -0.880. The van der Waals surface area contributed by atoms with E-state index in [2.05, 4.69) is 26.8 Å². The first-order valence-electron chi connectivity index (χ1n) is 3.42. The van der Waals surface area contributed by atoms with Crippen LogP contribution in [0.15, 0.2) is 17.5 Å². The number of alkyl halides is 1. The van der Waals surface area contributed by atoms with E-state index in [0.717, 1.165) is 0 Å². The molecule has 0 saturated heterocycles. The quantitative estimate of drug-likeness (QED) is 0.615. The Kier molecular flexibility index (Phi) is 3.91. The molecule has 0 atom stereocenters. The van der Waals surface area contributed by atoms with Crippen LogP contribution in [0.1, 0.15) is 9.67 Å². The van der Waals surface area contributed by atoms with Gasteiger partial charge in [-0.25, -0.2) is 0 Å². The highest BCUT2D eigenvalue weighted by Crippen LogP contribution is 2.06. The predicted molar refractivity (Wildman–Crippen MR) is 53.7 cm³/mol. The van der Waals surface area contributed by atoms with E-state index in [1.54, 1.807) is 17.5 Å². The van der Waals surface area contributed by atoms with Gasteiger partial charge in [0.05, 0.1) is 10.2 Å². The largest absolute Gasteiger partial charge is 0.279 e. The van der Waals surface area contributed by atoms with Gasteiger partial charge in [-0.15, -0.1) is 11.3 Å². The lowest BCUT2D eigenvalue weighted by Crippen LogP contribution is -2.41. The minimum Gasteiger partial charge on any atom is -0.272 e. The number of hydrogen-bond donors (Lipinski definition) is 2. The highest BCUT2D eigenvalue weighted by Gasteiger charge is 2.06. The van der Waals surface area contributed by atoms with Crippen molar-refractivity contribution in [3.63, 3.8) is 0 Å². The van der Waals surface area contributed by atoms with Crippen LogP contribution in [0.2, 0.25) is 0 Å². The fourth-order valence-electron chi connectivity index (χ4n) is 0.629. The number of rotatable bonds is 2. The summed E-state index contributed by atoms with van der Waals surface area (Å²) in [6, 6.07) is 3.45. The van der Waals surface area contributed by atoms with E-state index in [1.165, 1.54) is 11.3 Å². The van der Waals surface area contributed by atoms with Gasteiger partial charge in [0.2, 0.25) is 5.91 Å².